The van der Waals surface area contributed by atoms with E-state index < -0.39 is 0 Å². The number of nitrogens with zero attached hydrogens (tertiary/aromatic N) is 1. The number of hydrogen-bond acceptors (Lipinski definition) is 3. The number of ether oxygens (including phenoxy) is 1. The lowest BCUT2D eigenvalue weighted by atomic mass is 9.93. The summed E-state index contributed by atoms with van der Waals surface area (Å²) in [4.78, 5) is 2.45. The fraction of sp³-hybridized carbons (Fsp3) is 0.0811. The molecule has 1 atom stereocenters. The third-order valence-corrected chi connectivity index (χ3v) is 7.85. The Labute approximate surface area is 235 Å². The Morgan fingerprint density at radius 1 is 0.650 bits per heavy atom. The molecule has 0 aromatic heterocycles. The van der Waals surface area contributed by atoms with Crippen molar-refractivity contribution in [2.24, 2.45) is 0 Å². The number of rotatable bonds is 6. The van der Waals surface area contributed by atoms with Crippen LogP contribution in [0, 0.1) is 0 Å². The van der Waals surface area contributed by atoms with E-state index in [9.17, 15) is 0 Å². The van der Waals surface area contributed by atoms with Crippen molar-refractivity contribution in [3.63, 3.8) is 0 Å². The van der Waals surface area contributed by atoms with Gasteiger partial charge in [0.15, 0.2) is 0 Å². The molecular weight excluding hydrogens is 488 g/mol. The molecule has 1 N–H and O–H groups in total. The zero-order valence-electron chi connectivity index (χ0n) is 22.4. The molecule has 5 aromatic carbocycles. The molecule has 0 radical (unpaired) electrons. The van der Waals surface area contributed by atoms with E-state index in [1.165, 1.54) is 33.4 Å². The third kappa shape index (κ3) is 4.26. The lowest BCUT2D eigenvalue weighted by molar-refractivity contribution is 0.415. The number of fused-ring (bicyclic) bond motifs is 3. The van der Waals surface area contributed by atoms with Crippen LogP contribution in [-0.2, 0) is 0 Å². The van der Waals surface area contributed by atoms with Gasteiger partial charge in [-0.25, -0.2) is 0 Å². The highest BCUT2D eigenvalue weighted by atomic mass is 16.5. The van der Waals surface area contributed by atoms with Gasteiger partial charge in [-0.2, -0.15) is 0 Å². The molecule has 0 saturated carbocycles. The van der Waals surface area contributed by atoms with Crippen LogP contribution < -0.4 is 15.0 Å². The summed E-state index contributed by atoms with van der Waals surface area (Å²) in [6.45, 7) is 0. The van der Waals surface area contributed by atoms with E-state index in [4.69, 9.17) is 4.74 Å². The van der Waals surface area contributed by atoms with Gasteiger partial charge >= 0.3 is 0 Å². The Morgan fingerprint density at radius 2 is 1.25 bits per heavy atom. The van der Waals surface area contributed by atoms with E-state index in [0.29, 0.717) is 0 Å². The van der Waals surface area contributed by atoms with E-state index in [1.807, 2.05) is 0 Å². The zero-order chi connectivity index (χ0) is 26.9. The first kappa shape index (κ1) is 24.1. The first-order valence-electron chi connectivity index (χ1n) is 13.8. The molecule has 0 amide bonds. The van der Waals surface area contributed by atoms with E-state index in [0.717, 1.165) is 34.9 Å². The highest BCUT2D eigenvalue weighted by Gasteiger charge is 2.39. The predicted octanol–water partition coefficient (Wildman–Crippen LogP) is 9.33. The molecule has 5 aromatic rings. The fourth-order valence-electron chi connectivity index (χ4n) is 5.96. The zero-order valence-corrected chi connectivity index (χ0v) is 22.4. The van der Waals surface area contributed by atoms with Crippen LogP contribution in [0.15, 0.2) is 145 Å². The number of allylic oxidation sites excluding steroid dienone is 1. The van der Waals surface area contributed by atoms with Crippen LogP contribution in [-0.4, -0.2) is 13.2 Å². The number of benzene rings is 5. The predicted molar refractivity (Wildman–Crippen MR) is 167 cm³/mol. The molecule has 7 rings (SSSR count). The molecule has 40 heavy (non-hydrogen) atoms. The largest absolute Gasteiger partial charge is 0.495 e. The van der Waals surface area contributed by atoms with Gasteiger partial charge in [-0.05, 0) is 65.1 Å². The lowest BCUT2D eigenvalue weighted by Crippen LogP contribution is -2.28. The number of para-hydroxylation sites is 1. The molecule has 0 saturated heterocycles. The first-order valence-corrected chi connectivity index (χ1v) is 13.8. The van der Waals surface area contributed by atoms with Crippen LogP contribution in [0.4, 0.5) is 17.1 Å². The lowest BCUT2D eigenvalue weighted by Gasteiger charge is -2.30. The fourth-order valence-corrected chi connectivity index (χ4v) is 5.96. The number of hydrogen-bond donors (Lipinski definition) is 1. The maximum absolute atomic E-state index is 5.91. The minimum atomic E-state index is 0.171. The van der Waals surface area contributed by atoms with Gasteiger partial charge in [-0.15, -0.1) is 0 Å². The molecule has 1 aliphatic heterocycles. The van der Waals surface area contributed by atoms with Crippen molar-refractivity contribution in [2.75, 3.05) is 17.3 Å². The van der Waals surface area contributed by atoms with Gasteiger partial charge in [-0.1, -0.05) is 103 Å². The van der Waals surface area contributed by atoms with Crippen molar-refractivity contribution < 1.29 is 4.74 Å². The summed E-state index contributed by atoms with van der Waals surface area (Å²) >= 11 is 0. The molecule has 0 spiro atoms. The number of anilines is 3. The molecule has 3 nitrogen and oxygen atoms in total. The Hall–Kier alpha value is -5.02. The normalized spacial score (nSPS) is 15.5. The van der Waals surface area contributed by atoms with Crippen molar-refractivity contribution in [1.82, 2.24) is 0 Å². The van der Waals surface area contributed by atoms with Crippen LogP contribution in [0.25, 0.3) is 27.8 Å². The summed E-state index contributed by atoms with van der Waals surface area (Å²) in [6.07, 6.45) is 5.42. The highest BCUT2D eigenvalue weighted by molar-refractivity contribution is 5.98. The maximum atomic E-state index is 5.91. The molecule has 0 bridgehead atoms. The third-order valence-electron chi connectivity index (χ3n) is 7.85. The van der Waals surface area contributed by atoms with Crippen molar-refractivity contribution in [1.29, 1.82) is 0 Å². The summed E-state index contributed by atoms with van der Waals surface area (Å²) in [5.74, 6) is 0.887. The van der Waals surface area contributed by atoms with Gasteiger partial charge in [0.05, 0.1) is 18.8 Å². The molecule has 1 unspecified atom stereocenters. The average Bonchev–Trinajstić information content (AvgIpc) is 3.38. The second-order valence-electron chi connectivity index (χ2n) is 10.2. The summed E-state index contributed by atoms with van der Waals surface area (Å²) < 4.78 is 5.91. The second-order valence-corrected chi connectivity index (χ2v) is 10.2. The number of methoxy groups -OCH3 is 1. The molecule has 2 aliphatic rings. The minimum Gasteiger partial charge on any atom is -0.495 e. The first-order chi connectivity index (χ1) is 19.8. The van der Waals surface area contributed by atoms with Crippen molar-refractivity contribution >= 4 is 22.6 Å². The minimum absolute atomic E-state index is 0.171. The molecule has 0 fully saturated rings. The van der Waals surface area contributed by atoms with E-state index in [-0.39, 0.29) is 6.04 Å². The van der Waals surface area contributed by atoms with Crippen LogP contribution >= 0.6 is 0 Å². The van der Waals surface area contributed by atoms with E-state index >= 15 is 0 Å². The maximum Gasteiger partial charge on any atom is 0.143 e. The van der Waals surface area contributed by atoms with Crippen LogP contribution in [0.5, 0.6) is 5.75 Å². The Bertz CT molecular complexity index is 1700. The van der Waals surface area contributed by atoms with Gasteiger partial charge in [0.2, 0.25) is 0 Å². The van der Waals surface area contributed by atoms with Crippen molar-refractivity contribution in [2.45, 2.75) is 12.5 Å². The molecule has 1 heterocycles. The van der Waals surface area contributed by atoms with Crippen LogP contribution in [0.2, 0.25) is 0 Å². The van der Waals surface area contributed by atoms with Gasteiger partial charge in [0.1, 0.15) is 5.75 Å². The van der Waals surface area contributed by atoms with Gasteiger partial charge in [0, 0.05) is 28.2 Å². The Morgan fingerprint density at radius 3 is 1.88 bits per heavy atom. The standard InChI is InChI=1S/C37H30N2O/c1-40-35-17-8-14-32-36-33(38-30-22-18-28(19-23-30)26-10-4-2-5-11-26)15-9-16-34(36)39(37(32)35)31-24-20-29(21-25-31)27-12-6-3-7-13-27/h2-15,17-25,34,38H,16H2,1H3. The van der Waals surface area contributed by atoms with Crippen LogP contribution in [0.3, 0.4) is 0 Å². The SMILES string of the molecule is COc1cccc2c1N(c1ccc(-c3ccccc3)cc1)C1CC=CC(Nc3ccc(-c4ccccc4)cc3)=C21. The van der Waals surface area contributed by atoms with Gasteiger partial charge < -0.3 is 15.0 Å². The Balaban J connectivity index is 1.27. The molecule has 194 valence electrons. The average molecular weight is 519 g/mol. The molecular formula is C37H30N2O. The highest BCUT2D eigenvalue weighted by Crippen LogP contribution is 2.52. The summed E-state index contributed by atoms with van der Waals surface area (Å²) in [6, 6.07) is 45.1. The second kappa shape index (κ2) is 10.3. The summed E-state index contributed by atoms with van der Waals surface area (Å²) in [5, 5.41) is 3.74. The van der Waals surface area contributed by atoms with Gasteiger partial charge in [0.25, 0.3) is 0 Å². The molecule has 3 heteroatoms. The monoisotopic (exact) mass is 518 g/mol. The van der Waals surface area contributed by atoms with Gasteiger partial charge in [-0.3, -0.25) is 0 Å². The van der Waals surface area contributed by atoms with Crippen molar-refractivity contribution in [3.8, 4) is 28.0 Å². The number of nitrogens with one attached hydrogen (secondary N) is 1. The van der Waals surface area contributed by atoms with Crippen LogP contribution in [0.1, 0.15) is 12.0 Å². The summed E-state index contributed by atoms with van der Waals surface area (Å²) in [7, 11) is 1.76. The van der Waals surface area contributed by atoms with E-state index in [2.05, 4.69) is 150 Å². The van der Waals surface area contributed by atoms with E-state index in [1.54, 1.807) is 7.11 Å². The van der Waals surface area contributed by atoms with Crippen molar-refractivity contribution in [3.05, 3.63) is 151 Å². The summed E-state index contributed by atoms with van der Waals surface area (Å²) in [5.41, 5.74) is 11.9. The topological polar surface area (TPSA) is 24.5 Å². The smallest absolute Gasteiger partial charge is 0.143 e. The molecule has 1 aliphatic carbocycles. The quantitative estimate of drug-likeness (QED) is 0.242. The Kier molecular flexibility index (Phi) is 6.18.